The van der Waals surface area contributed by atoms with Gasteiger partial charge in [0.1, 0.15) is 16.9 Å². The Bertz CT molecular complexity index is 674. The molecule has 8 heteroatoms. The molecule has 2 N–H and O–H groups in total. The number of halogens is 1. The highest BCUT2D eigenvalue weighted by molar-refractivity contribution is 7.15. The summed E-state index contributed by atoms with van der Waals surface area (Å²) in [6, 6.07) is 4.74. The zero-order valence-electron chi connectivity index (χ0n) is 11.4. The quantitative estimate of drug-likeness (QED) is 0.901. The van der Waals surface area contributed by atoms with Crippen LogP contribution in [0.15, 0.2) is 24.3 Å². The Balaban J connectivity index is 1.97. The highest BCUT2D eigenvalue weighted by Gasteiger charge is 2.19. The number of nitrogens with zero attached hydrogens (tertiary/aromatic N) is 2. The summed E-state index contributed by atoms with van der Waals surface area (Å²) in [4.78, 5) is 23.8. The van der Waals surface area contributed by atoms with Gasteiger partial charge in [0.2, 0.25) is 11.0 Å². The van der Waals surface area contributed by atoms with Crippen LogP contribution in [0.2, 0.25) is 0 Å². The Morgan fingerprint density at radius 1 is 1.29 bits per heavy atom. The Labute approximate surface area is 124 Å². The first-order valence-corrected chi connectivity index (χ1v) is 6.95. The van der Waals surface area contributed by atoms with E-state index in [9.17, 15) is 14.0 Å². The Kier molecular flexibility index (Phi) is 4.59. The third kappa shape index (κ3) is 3.82. The Morgan fingerprint density at radius 3 is 2.62 bits per heavy atom. The van der Waals surface area contributed by atoms with Crippen molar-refractivity contribution in [1.82, 2.24) is 15.5 Å². The molecule has 1 aromatic carbocycles. The molecule has 1 aromatic heterocycles. The van der Waals surface area contributed by atoms with Gasteiger partial charge >= 0.3 is 0 Å². The van der Waals surface area contributed by atoms with Crippen molar-refractivity contribution in [3.05, 3.63) is 40.7 Å². The van der Waals surface area contributed by atoms with Crippen LogP contribution in [0.4, 0.5) is 9.52 Å². The van der Waals surface area contributed by atoms with Crippen LogP contribution in [0, 0.1) is 12.7 Å². The number of carbonyl (C=O) groups is 2. The maximum Gasteiger partial charge on any atom is 0.254 e. The molecule has 0 fully saturated rings. The molecule has 0 aliphatic carbocycles. The summed E-state index contributed by atoms with van der Waals surface area (Å²) >= 11 is 1.22. The highest BCUT2D eigenvalue weighted by Crippen LogP contribution is 2.13. The molecule has 21 heavy (non-hydrogen) atoms. The molecule has 110 valence electrons. The van der Waals surface area contributed by atoms with Crippen molar-refractivity contribution in [2.24, 2.45) is 0 Å². The van der Waals surface area contributed by atoms with E-state index in [0.29, 0.717) is 10.1 Å². The lowest BCUT2D eigenvalue weighted by molar-refractivity contribution is -0.117. The molecule has 2 amide bonds. The standard InChI is InChI=1S/C13H13FN4O2S/c1-7(11(19)16-13-18-17-8(2)21-13)15-12(20)9-5-3-4-6-10(9)14/h3-7H,1-2H3,(H,15,20)(H,16,18,19)/t7-/m0/s1. The summed E-state index contributed by atoms with van der Waals surface area (Å²) in [6.45, 7) is 3.26. The average molecular weight is 308 g/mol. The fourth-order valence-corrected chi connectivity index (χ4v) is 2.14. The number of amides is 2. The number of rotatable bonds is 4. The molecule has 0 saturated carbocycles. The molecule has 0 spiro atoms. The molecule has 2 rings (SSSR count). The summed E-state index contributed by atoms with van der Waals surface area (Å²) in [6.07, 6.45) is 0. The van der Waals surface area contributed by atoms with Gasteiger partial charge in [-0.15, -0.1) is 10.2 Å². The lowest BCUT2D eigenvalue weighted by atomic mass is 10.2. The van der Waals surface area contributed by atoms with Gasteiger partial charge in [-0.25, -0.2) is 4.39 Å². The van der Waals surface area contributed by atoms with Crippen molar-refractivity contribution in [1.29, 1.82) is 0 Å². The van der Waals surface area contributed by atoms with Gasteiger partial charge in [0, 0.05) is 0 Å². The van der Waals surface area contributed by atoms with Gasteiger partial charge in [-0.3, -0.25) is 14.9 Å². The molecule has 2 aromatic rings. The molecule has 1 heterocycles. The van der Waals surface area contributed by atoms with Crippen molar-refractivity contribution in [3.63, 3.8) is 0 Å². The fraction of sp³-hybridized carbons (Fsp3) is 0.231. The van der Waals surface area contributed by atoms with Gasteiger partial charge in [0.15, 0.2) is 0 Å². The lowest BCUT2D eigenvalue weighted by Crippen LogP contribution is -2.41. The monoisotopic (exact) mass is 308 g/mol. The van der Waals surface area contributed by atoms with E-state index in [2.05, 4.69) is 20.8 Å². The maximum atomic E-state index is 13.5. The third-order valence-corrected chi connectivity index (χ3v) is 3.37. The van der Waals surface area contributed by atoms with Crippen LogP contribution in [-0.2, 0) is 4.79 Å². The second-order valence-electron chi connectivity index (χ2n) is 4.29. The van der Waals surface area contributed by atoms with Crippen LogP contribution in [0.1, 0.15) is 22.3 Å². The minimum Gasteiger partial charge on any atom is -0.340 e. The first-order valence-electron chi connectivity index (χ1n) is 6.13. The largest absolute Gasteiger partial charge is 0.340 e. The van der Waals surface area contributed by atoms with E-state index in [1.165, 1.54) is 36.5 Å². The first-order chi connectivity index (χ1) is 9.97. The van der Waals surface area contributed by atoms with Gasteiger partial charge in [-0.05, 0) is 26.0 Å². The van der Waals surface area contributed by atoms with Crippen LogP contribution in [-0.4, -0.2) is 28.1 Å². The number of nitrogens with one attached hydrogen (secondary N) is 2. The minimum atomic E-state index is -0.832. The van der Waals surface area contributed by atoms with Gasteiger partial charge in [0.05, 0.1) is 5.56 Å². The summed E-state index contributed by atoms with van der Waals surface area (Å²) in [5, 5.41) is 13.5. The summed E-state index contributed by atoms with van der Waals surface area (Å²) in [5.74, 6) is -1.73. The van der Waals surface area contributed by atoms with E-state index < -0.39 is 23.7 Å². The molecule has 0 radical (unpaired) electrons. The van der Waals surface area contributed by atoms with Crippen LogP contribution >= 0.6 is 11.3 Å². The molecule has 0 aliphatic rings. The smallest absolute Gasteiger partial charge is 0.254 e. The zero-order chi connectivity index (χ0) is 15.4. The third-order valence-electron chi connectivity index (χ3n) is 2.62. The summed E-state index contributed by atoms with van der Waals surface area (Å²) in [5.41, 5.74) is -0.107. The van der Waals surface area contributed by atoms with Gasteiger partial charge in [-0.1, -0.05) is 23.5 Å². The fourth-order valence-electron chi connectivity index (χ4n) is 1.55. The van der Waals surface area contributed by atoms with E-state index >= 15 is 0 Å². The van der Waals surface area contributed by atoms with Gasteiger partial charge < -0.3 is 5.32 Å². The second kappa shape index (κ2) is 6.40. The topological polar surface area (TPSA) is 84.0 Å². The van der Waals surface area contributed by atoms with E-state index in [-0.39, 0.29) is 5.56 Å². The molecular weight excluding hydrogens is 295 g/mol. The minimum absolute atomic E-state index is 0.107. The summed E-state index contributed by atoms with van der Waals surface area (Å²) in [7, 11) is 0. The molecule has 0 aliphatic heterocycles. The van der Waals surface area contributed by atoms with Gasteiger partial charge in [0.25, 0.3) is 5.91 Å². The van der Waals surface area contributed by atoms with E-state index in [0.717, 1.165) is 0 Å². The molecular formula is C13H13FN4O2S. The first kappa shape index (κ1) is 15.0. The van der Waals surface area contributed by atoms with Crippen molar-refractivity contribution in [2.45, 2.75) is 19.9 Å². The molecule has 0 bridgehead atoms. The zero-order valence-corrected chi connectivity index (χ0v) is 12.2. The number of anilines is 1. The van der Waals surface area contributed by atoms with Crippen molar-refractivity contribution < 1.29 is 14.0 Å². The van der Waals surface area contributed by atoms with Crippen LogP contribution < -0.4 is 10.6 Å². The van der Waals surface area contributed by atoms with Crippen LogP contribution in [0.3, 0.4) is 0 Å². The highest BCUT2D eigenvalue weighted by atomic mass is 32.1. The van der Waals surface area contributed by atoms with E-state index in [1.807, 2.05) is 0 Å². The maximum absolute atomic E-state index is 13.5. The molecule has 0 saturated heterocycles. The average Bonchev–Trinajstić information content (AvgIpc) is 2.84. The number of aromatic nitrogens is 2. The van der Waals surface area contributed by atoms with Crippen molar-refractivity contribution in [3.8, 4) is 0 Å². The van der Waals surface area contributed by atoms with Crippen LogP contribution in [0.5, 0.6) is 0 Å². The normalized spacial score (nSPS) is 11.8. The second-order valence-corrected chi connectivity index (χ2v) is 5.47. The van der Waals surface area contributed by atoms with Crippen molar-refractivity contribution >= 4 is 28.3 Å². The van der Waals surface area contributed by atoms with E-state index in [1.54, 1.807) is 13.0 Å². The number of carbonyl (C=O) groups excluding carboxylic acids is 2. The number of benzene rings is 1. The number of hydrogen-bond donors (Lipinski definition) is 2. The Hall–Kier alpha value is -2.35. The molecule has 1 atom stereocenters. The molecule has 6 nitrogen and oxygen atoms in total. The van der Waals surface area contributed by atoms with Crippen molar-refractivity contribution in [2.75, 3.05) is 5.32 Å². The van der Waals surface area contributed by atoms with Gasteiger partial charge in [-0.2, -0.15) is 0 Å². The Morgan fingerprint density at radius 2 is 2.00 bits per heavy atom. The number of hydrogen-bond acceptors (Lipinski definition) is 5. The predicted molar refractivity (Wildman–Crippen MR) is 76.6 cm³/mol. The number of aryl methyl sites for hydroxylation is 1. The SMILES string of the molecule is Cc1nnc(NC(=O)[C@H](C)NC(=O)c2ccccc2F)s1. The molecule has 0 unspecified atom stereocenters. The summed E-state index contributed by atoms with van der Waals surface area (Å²) < 4.78 is 13.5. The predicted octanol–water partition coefficient (Wildman–Crippen LogP) is 1.74. The van der Waals surface area contributed by atoms with Crippen LogP contribution in [0.25, 0.3) is 0 Å². The lowest BCUT2D eigenvalue weighted by Gasteiger charge is -2.13. The van der Waals surface area contributed by atoms with E-state index in [4.69, 9.17) is 0 Å².